The van der Waals surface area contributed by atoms with E-state index in [1.165, 1.54) is 0 Å². The molecule has 0 aliphatic heterocycles. The van der Waals surface area contributed by atoms with E-state index in [2.05, 4.69) is 8.70 Å². The topological polar surface area (TPSA) is 0 Å². The number of benzene rings is 1. The molecule has 0 unspecified atom stereocenters. The Kier molecular flexibility index (Phi) is 0.815. The average Bonchev–Trinajstić information content (AvgIpc) is 2.64. The number of hydrogen-bond acceptors (Lipinski definition) is 0. The van der Waals surface area contributed by atoms with Gasteiger partial charge in [-0.1, -0.05) is 0 Å². The molecule has 0 aliphatic carbocycles. The minimum atomic E-state index is -4.35. The molecular formula is C19H29P. The van der Waals surface area contributed by atoms with Crippen LogP contribution in [-0.4, -0.2) is 0 Å². The molecule has 0 atom stereocenters. The normalized spacial score (nSPS) is 38.9. The van der Waals surface area contributed by atoms with Gasteiger partial charge in [-0.25, -0.2) is 0 Å². The Morgan fingerprint density at radius 3 is 1.50 bits per heavy atom. The summed E-state index contributed by atoms with van der Waals surface area (Å²) in [7, 11) is 3.68. The molecule has 1 aromatic rings. The van der Waals surface area contributed by atoms with Gasteiger partial charge in [0.25, 0.3) is 0 Å². The van der Waals surface area contributed by atoms with Crippen molar-refractivity contribution in [3.63, 3.8) is 0 Å². The molecule has 1 aromatic carbocycles. The first-order valence-electron chi connectivity index (χ1n) is 18.6. The SMILES string of the molecule is [2H]C([2H])([2H])C(c1cc(C(C([2H])([2H])[2H])(C([2H])([2H])[2H])C([2H])([2H])[2H])c(C#P)c(C(C([2H])([2H])[2H])(C([2H])([2H])[2H])C([2H])([2H])[2H])c1)(C([2H])([2H])[2H])C([2H])([2H])[2H]. The van der Waals surface area contributed by atoms with Crippen LogP contribution in [0.1, 0.15) is 121 Å². The van der Waals surface area contributed by atoms with E-state index in [1.54, 1.807) is 5.63 Å². The van der Waals surface area contributed by atoms with Crippen molar-refractivity contribution in [2.75, 3.05) is 0 Å². The van der Waals surface area contributed by atoms with Gasteiger partial charge in [-0.3, -0.25) is 0 Å². The standard InChI is InChI=1S/C19H29P/c1-17(2,3)13-10-15(18(4,5)6)14(12-20)16(11-13)19(7,8)9/h10-11H,1-9H3/i1D3,2D3,3D3,4D3,5D3,6D3,7D3,8D3,9D3. The predicted molar refractivity (Wildman–Crippen MR) is 92.5 cm³/mol. The van der Waals surface area contributed by atoms with Crippen LogP contribution in [0.4, 0.5) is 0 Å². The van der Waals surface area contributed by atoms with Gasteiger partial charge in [-0.15, -0.1) is 0 Å². The molecule has 0 spiro atoms. The predicted octanol–water partition coefficient (Wildman–Crippen LogP) is 6.30. The molecule has 0 aromatic heterocycles. The first kappa shape index (κ1) is 3.06. The molecule has 0 fully saturated rings. The van der Waals surface area contributed by atoms with Crippen molar-refractivity contribution in [1.29, 1.82) is 0 Å². The van der Waals surface area contributed by atoms with Crippen molar-refractivity contribution < 1.29 is 37.0 Å². The third-order valence-corrected chi connectivity index (χ3v) is 2.71. The van der Waals surface area contributed by atoms with Crippen molar-refractivity contribution in [2.24, 2.45) is 0 Å². The fourth-order valence-electron chi connectivity index (χ4n) is 1.57. The van der Waals surface area contributed by atoms with E-state index in [0.29, 0.717) is 0 Å². The first-order valence-corrected chi connectivity index (χ1v) is 5.58. The van der Waals surface area contributed by atoms with E-state index in [4.69, 9.17) is 37.0 Å². The van der Waals surface area contributed by atoms with Crippen molar-refractivity contribution in [1.82, 2.24) is 0 Å². The summed E-state index contributed by atoms with van der Waals surface area (Å²) in [4.78, 5) is 0. The van der Waals surface area contributed by atoms with Crippen molar-refractivity contribution in [2.45, 2.75) is 77.9 Å². The second-order valence-electron chi connectivity index (χ2n) is 4.31. The monoisotopic (exact) mass is 315 g/mol. The van der Waals surface area contributed by atoms with Crippen LogP contribution in [0, 0.1) is 5.63 Å². The number of hydrogen-bond donors (Lipinski definition) is 0. The number of rotatable bonds is 0. The second-order valence-corrected chi connectivity index (χ2v) is 4.53. The van der Waals surface area contributed by atoms with Crippen LogP contribution in [0.25, 0.3) is 0 Å². The third-order valence-electron chi connectivity index (χ3n) is 2.49. The molecule has 0 aliphatic rings. The van der Waals surface area contributed by atoms with E-state index in [-0.39, 0.29) is 12.1 Å². The Hall–Kier alpha value is -0.570. The molecule has 0 N–H and O–H groups in total. The summed E-state index contributed by atoms with van der Waals surface area (Å²) in [6.07, 6.45) is 0. The van der Waals surface area contributed by atoms with Gasteiger partial charge < -0.3 is 0 Å². The summed E-state index contributed by atoms with van der Waals surface area (Å²) in [6, 6.07) is -0.0524. The zero-order valence-corrected chi connectivity index (χ0v) is 11.0. The van der Waals surface area contributed by atoms with Crippen LogP contribution < -0.4 is 0 Å². The average molecular weight is 316 g/mol. The van der Waals surface area contributed by atoms with E-state index in [0.717, 1.165) is 0 Å². The van der Waals surface area contributed by atoms with Crippen LogP contribution in [-0.2, 0) is 16.2 Å². The fraction of sp³-hybridized carbons (Fsp3) is 0.632. The van der Waals surface area contributed by atoms with Crippen molar-refractivity contribution in [3.8, 4) is 5.63 Å². The van der Waals surface area contributed by atoms with Gasteiger partial charge in [0.15, 0.2) is 0 Å². The maximum atomic E-state index is 8.14. The van der Waals surface area contributed by atoms with Gasteiger partial charge >= 0.3 is 164 Å². The van der Waals surface area contributed by atoms with E-state index in [9.17, 15) is 0 Å². The molecule has 1 heteroatoms. The molecule has 20 heavy (non-hydrogen) atoms. The van der Waals surface area contributed by atoms with Gasteiger partial charge in [0.1, 0.15) is 0 Å². The van der Waals surface area contributed by atoms with Crippen molar-refractivity contribution in [3.05, 3.63) is 34.4 Å². The summed E-state index contributed by atoms with van der Waals surface area (Å²) >= 11 is 0. The minimum absolute atomic E-state index is 0.0262. The maximum absolute atomic E-state index is 8.14. The van der Waals surface area contributed by atoms with E-state index >= 15 is 0 Å². The third kappa shape index (κ3) is 3.75. The summed E-state index contributed by atoms with van der Waals surface area (Å²) in [5.41, 5.74) is -18.0. The van der Waals surface area contributed by atoms with Gasteiger partial charge in [0.2, 0.25) is 0 Å². The molecule has 1 rings (SSSR count). The summed E-state index contributed by atoms with van der Waals surface area (Å²) in [6.45, 7) is -38.6. The van der Waals surface area contributed by atoms with E-state index < -0.39 is 100 Å². The van der Waals surface area contributed by atoms with Gasteiger partial charge in [-0.2, -0.15) is 0 Å². The summed E-state index contributed by atoms with van der Waals surface area (Å²) < 4.78 is 219. The fourth-order valence-corrected chi connectivity index (χ4v) is 1.81. The van der Waals surface area contributed by atoms with E-state index in [1.807, 2.05) is 0 Å². The molecule has 110 valence electrons. The molecule has 0 heterocycles. The van der Waals surface area contributed by atoms with Crippen LogP contribution in [0.5, 0.6) is 0 Å². The zero-order chi connectivity index (χ0) is 38.4. The molecule has 0 saturated carbocycles. The first-order chi connectivity index (χ1) is 20.0. The molecule has 0 radical (unpaired) electrons. The molecular weight excluding hydrogens is 259 g/mol. The second kappa shape index (κ2) is 5.32. The molecule has 0 nitrogen and oxygen atoms in total. The Labute approximate surface area is 165 Å². The van der Waals surface area contributed by atoms with Gasteiger partial charge in [0, 0.05) is 0 Å². The molecule has 0 bridgehead atoms. The van der Waals surface area contributed by atoms with Gasteiger partial charge in [-0.05, 0) is 0 Å². The Morgan fingerprint density at radius 1 is 0.800 bits per heavy atom. The zero-order valence-electron chi connectivity index (χ0n) is 37.1. The Morgan fingerprint density at radius 2 is 1.20 bits per heavy atom. The van der Waals surface area contributed by atoms with Crippen LogP contribution in [0.3, 0.4) is 0 Å². The van der Waals surface area contributed by atoms with Crippen molar-refractivity contribution >= 4 is 8.70 Å². The van der Waals surface area contributed by atoms with Crippen LogP contribution in [0.15, 0.2) is 12.1 Å². The quantitative estimate of drug-likeness (QED) is 0.493. The molecule has 0 saturated heterocycles. The van der Waals surface area contributed by atoms with Crippen LogP contribution >= 0.6 is 8.70 Å². The molecule has 0 amide bonds. The summed E-state index contributed by atoms with van der Waals surface area (Å²) in [5.74, 6) is 0. The van der Waals surface area contributed by atoms with Crippen LogP contribution in [0.2, 0.25) is 0 Å². The summed E-state index contributed by atoms with van der Waals surface area (Å²) in [5, 5.41) is 0. The Balaban J connectivity index is 5.54. The van der Waals surface area contributed by atoms with Gasteiger partial charge in [0.05, 0.1) is 0 Å². The Bertz CT molecular complexity index is 1170.